The van der Waals surface area contributed by atoms with Crippen molar-refractivity contribution >= 4 is 23.3 Å². The summed E-state index contributed by atoms with van der Waals surface area (Å²) in [5.74, 6) is 2.71. The van der Waals surface area contributed by atoms with E-state index >= 15 is 0 Å². The molecular formula is C27H29N5O3. The van der Waals surface area contributed by atoms with Gasteiger partial charge in [-0.25, -0.2) is 19.7 Å². The number of benzene rings is 2. The van der Waals surface area contributed by atoms with Crippen molar-refractivity contribution in [2.75, 3.05) is 31.6 Å². The lowest BCUT2D eigenvalue weighted by Gasteiger charge is -2.31. The van der Waals surface area contributed by atoms with E-state index in [0.29, 0.717) is 29.5 Å². The quantitative estimate of drug-likeness (QED) is 0.167. The van der Waals surface area contributed by atoms with Gasteiger partial charge >= 0.3 is 0 Å². The number of anilines is 1. The van der Waals surface area contributed by atoms with E-state index in [-0.39, 0.29) is 0 Å². The van der Waals surface area contributed by atoms with Gasteiger partial charge < -0.3 is 19.3 Å². The topological polar surface area (TPSA) is 90.3 Å². The fourth-order valence-electron chi connectivity index (χ4n) is 4.26. The highest BCUT2D eigenvalue weighted by Gasteiger charge is 2.21. The Kier molecular flexibility index (Phi) is 6.61. The van der Waals surface area contributed by atoms with Crippen molar-refractivity contribution < 1.29 is 13.9 Å². The van der Waals surface area contributed by atoms with E-state index in [0.717, 1.165) is 65.5 Å². The summed E-state index contributed by atoms with van der Waals surface area (Å²) >= 11 is 0. The zero-order valence-electron chi connectivity index (χ0n) is 20.1. The van der Waals surface area contributed by atoms with Crippen molar-refractivity contribution in [3.63, 3.8) is 0 Å². The predicted octanol–water partition coefficient (Wildman–Crippen LogP) is 4.70. The van der Waals surface area contributed by atoms with Crippen molar-refractivity contribution in [2.45, 2.75) is 26.2 Å². The molecular weight excluding hydrogens is 442 g/mol. The van der Waals surface area contributed by atoms with E-state index in [1.54, 1.807) is 0 Å². The Labute approximate surface area is 204 Å². The second-order valence-corrected chi connectivity index (χ2v) is 8.93. The molecule has 0 radical (unpaired) electrons. The molecule has 0 unspecified atom stereocenters. The summed E-state index contributed by atoms with van der Waals surface area (Å²) in [6.45, 7) is 4.69. The lowest BCUT2D eigenvalue weighted by Crippen LogP contribution is -2.36. The SMILES string of the molecule is CCc1cnc(N2CCC(COc3ccc(-c4nc5cc(/C=[N+](/C)[O-])ccc5o4)cc3)CC2)nc1. The molecule has 3 heterocycles. The fraction of sp³-hybridized carbons (Fsp3) is 0.333. The normalized spacial score (nSPS) is 15.0. The third kappa shape index (κ3) is 5.42. The van der Waals surface area contributed by atoms with E-state index < -0.39 is 0 Å². The standard InChI is InChI=1S/C27H29N5O3/c1-3-19-15-28-27(29-16-19)32-12-10-20(11-13-32)18-34-23-7-5-22(6-8-23)26-30-24-14-21(17-31(2)33)4-9-25(24)35-26/h4-9,14-17,20H,3,10-13,18H2,1-2H3/b31-17-. The van der Waals surface area contributed by atoms with Crippen LogP contribution in [0.4, 0.5) is 5.95 Å². The molecule has 2 aromatic heterocycles. The summed E-state index contributed by atoms with van der Waals surface area (Å²) in [6, 6.07) is 13.3. The van der Waals surface area contributed by atoms with Gasteiger partial charge in [0.2, 0.25) is 11.8 Å². The summed E-state index contributed by atoms with van der Waals surface area (Å²) in [5, 5.41) is 11.3. The number of rotatable bonds is 7. The first-order valence-electron chi connectivity index (χ1n) is 12.0. The number of hydrogen-bond donors (Lipinski definition) is 0. The molecule has 2 aromatic carbocycles. The van der Waals surface area contributed by atoms with Gasteiger partial charge in [0.05, 0.1) is 6.61 Å². The van der Waals surface area contributed by atoms with Crippen molar-refractivity contribution in [1.82, 2.24) is 15.0 Å². The number of hydrogen-bond acceptors (Lipinski definition) is 7. The van der Waals surface area contributed by atoms with Crippen molar-refractivity contribution in [1.29, 1.82) is 0 Å². The van der Waals surface area contributed by atoms with Gasteiger partial charge in [0, 0.05) is 36.6 Å². The zero-order valence-corrected chi connectivity index (χ0v) is 20.1. The number of fused-ring (bicyclic) bond motifs is 1. The number of hydroxylamine groups is 1. The molecule has 1 fully saturated rings. The van der Waals surface area contributed by atoms with Gasteiger partial charge in [-0.1, -0.05) is 6.92 Å². The van der Waals surface area contributed by atoms with Gasteiger partial charge in [0.15, 0.2) is 11.8 Å². The maximum Gasteiger partial charge on any atom is 0.227 e. The van der Waals surface area contributed by atoms with Crippen molar-refractivity contribution in [3.05, 3.63) is 71.2 Å². The molecule has 0 saturated carbocycles. The molecule has 0 spiro atoms. The third-order valence-corrected chi connectivity index (χ3v) is 6.33. The summed E-state index contributed by atoms with van der Waals surface area (Å²) in [4.78, 5) is 15.9. The minimum absolute atomic E-state index is 0.511. The minimum Gasteiger partial charge on any atom is -0.624 e. The third-order valence-electron chi connectivity index (χ3n) is 6.33. The first kappa shape index (κ1) is 22.8. The van der Waals surface area contributed by atoms with E-state index in [4.69, 9.17) is 9.15 Å². The molecule has 180 valence electrons. The van der Waals surface area contributed by atoms with E-state index in [1.165, 1.54) is 13.3 Å². The molecule has 0 bridgehead atoms. The van der Waals surface area contributed by atoms with E-state index in [9.17, 15) is 5.21 Å². The summed E-state index contributed by atoms with van der Waals surface area (Å²) < 4.78 is 12.7. The molecule has 35 heavy (non-hydrogen) atoms. The second-order valence-electron chi connectivity index (χ2n) is 8.93. The largest absolute Gasteiger partial charge is 0.624 e. The molecule has 1 aliphatic rings. The molecule has 8 heteroatoms. The number of aryl methyl sites for hydroxylation is 1. The Bertz CT molecular complexity index is 1300. The maximum atomic E-state index is 11.3. The Morgan fingerprint density at radius 1 is 1.11 bits per heavy atom. The Hall–Kier alpha value is -3.94. The molecule has 4 aromatic rings. The van der Waals surface area contributed by atoms with Gasteiger partial charge in [0.25, 0.3) is 0 Å². The first-order chi connectivity index (χ1) is 17.1. The summed E-state index contributed by atoms with van der Waals surface area (Å²) in [7, 11) is 1.45. The zero-order chi connectivity index (χ0) is 24.2. The molecule has 0 amide bonds. The molecule has 0 aliphatic carbocycles. The highest BCUT2D eigenvalue weighted by Crippen LogP contribution is 2.27. The fourth-order valence-corrected chi connectivity index (χ4v) is 4.26. The molecule has 1 aliphatic heterocycles. The Morgan fingerprint density at radius 3 is 2.54 bits per heavy atom. The van der Waals surface area contributed by atoms with E-state index in [1.807, 2.05) is 54.9 Å². The Morgan fingerprint density at radius 2 is 1.86 bits per heavy atom. The highest BCUT2D eigenvalue weighted by atomic mass is 16.5. The van der Waals surface area contributed by atoms with Gasteiger partial charge in [-0.2, -0.15) is 0 Å². The van der Waals surface area contributed by atoms with Crippen LogP contribution in [0.15, 0.2) is 59.3 Å². The molecule has 1 saturated heterocycles. The minimum atomic E-state index is 0.511. The summed E-state index contributed by atoms with van der Waals surface area (Å²) in [5.41, 5.74) is 4.22. The maximum absolute atomic E-state index is 11.3. The Balaban J connectivity index is 1.15. The van der Waals surface area contributed by atoms with Crippen LogP contribution in [0.2, 0.25) is 0 Å². The average molecular weight is 472 g/mol. The van der Waals surface area contributed by atoms with Gasteiger partial charge in [-0.05, 0) is 73.2 Å². The van der Waals surface area contributed by atoms with Crippen LogP contribution in [0.5, 0.6) is 5.75 Å². The summed E-state index contributed by atoms with van der Waals surface area (Å²) in [6.07, 6.45) is 8.41. The number of ether oxygens (including phenoxy) is 1. The van der Waals surface area contributed by atoms with Gasteiger partial charge in [0.1, 0.15) is 18.3 Å². The number of aromatic nitrogens is 3. The van der Waals surface area contributed by atoms with Gasteiger partial charge in [-0.15, -0.1) is 0 Å². The lowest BCUT2D eigenvalue weighted by atomic mass is 9.98. The number of piperidine rings is 1. The first-order valence-corrected chi connectivity index (χ1v) is 12.0. The van der Waals surface area contributed by atoms with Crippen LogP contribution in [0.1, 0.15) is 30.9 Å². The van der Waals surface area contributed by atoms with Crippen LogP contribution in [-0.4, -0.2) is 52.6 Å². The van der Waals surface area contributed by atoms with Crippen LogP contribution in [0.25, 0.3) is 22.6 Å². The predicted molar refractivity (Wildman–Crippen MR) is 136 cm³/mol. The van der Waals surface area contributed by atoms with Crippen LogP contribution in [0, 0.1) is 11.1 Å². The average Bonchev–Trinajstić information content (AvgIpc) is 3.31. The molecule has 8 nitrogen and oxygen atoms in total. The van der Waals surface area contributed by atoms with Crippen LogP contribution in [-0.2, 0) is 6.42 Å². The van der Waals surface area contributed by atoms with Crippen LogP contribution >= 0.6 is 0 Å². The molecule has 0 atom stereocenters. The molecule has 0 N–H and O–H groups in total. The van der Waals surface area contributed by atoms with Crippen LogP contribution in [0.3, 0.4) is 0 Å². The van der Waals surface area contributed by atoms with Crippen molar-refractivity contribution in [3.8, 4) is 17.2 Å². The number of nitrogens with zero attached hydrogens (tertiary/aromatic N) is 5. The highest BCUT2D eigenvalue weighted by molar-refractivity contribution is 5.85. The monoisotopic (exact) mass is 471 g/mol. The lowest BCUT2D eigenvalue weighted by molar-refractivity contribution is -0.416. The van der Waals surface area contributed by atoms with Crippen molar-refractivity contribution in [2.24, 2.45) is 5.92 Å². The number of oxazole rings is 1. The smallest absolute Gasteiger partial charge is 0.227 e. The van der Waals surface area contributed by atoms with Crippen LogP contribution < -0.4 is 9.64 Å². The van der Waals surface area contributed by atoms with Gasteiger partial charge in [-0.3, -0.25) is 0 Å². The second kappa shape index (κ2) is 10.1. The van der Waals surface area contributed by atoms with E-state index in [2.05, 4.69) is 26.8 Å². The molecule has 5 rings (SSSR count).